The highest BCUT2D eigenvalue weighted by Gasteiger charge is 2.08. The zero-order valence-electron chi connectivity index (χ0n) is 14.4. The van der Waals surface area contributed by atoms with Crippen LogP contribution in [0.25, 0.3) is 0 Å². The number of nitrogens with zero attached hydrogens (tertiary/aromatic N) is 1. The molecule has 1 unspecified atom stereocenters. The Balaban J connectivity index is 1.90. The standard InChI is InChI=1S/C19H24N2O2S/c1-4-21(17-7-5-6-15(2)14-17)13-12-20-19(22)16-8-10-18(11-9-16)24(3)23/h5-11,14H,4,12-13H2,1-3H3,(H,20,22). The van der Waals surface area contributed by atoms with Gasteiger partial charge >= 0.3 is 0 Å². The highest BCUT2D eigenvalue weighted by Crippen LogP contribution is 2.15. The van der Waals surface area contributed by atoms with Gasteiger partial charge in [-0.2, -0.15) is 0 Å². The van der Waals surface area contributed by atoms with Gasteiger partial charge in [0, 0.05) is 52.8 Å². The Morgan fingerprint density at radius 3 is 2.46 bits per heavy atom. The van der Waals surface area contributed by atoms with E-state index in [4.69, 9.17) is 0 Å². The average Bonchev–Trinajstić information content (AvgIpc) is 2.58. The second-order valence-corrected chi connectivity index (χ2v) is 7.03. The number of amides is 1. The fraction of sp³-hybridized carbons (Fsp3) is 0.316. The Morgan fingerprint density at radius 1 is 1.17 bits per heavy atom. The van der Waals surface area contributed by atoms with Crippen molar-refractivity contribution in [1.82, 2.24) is 5.32 Å². The van der Waals surface area contributed by atoms with Crippen molar-refractivity contribution in [1.29, 1.82) is 0 Å². The van der Waals surface area contributed by atoms with E-state index in [0.29, 0.717) is 12.1 Å². The minimum atomic E-state index is -1.02. The molecule has 0 radical (unpaired) electrons. The van der Waals surface area contributed by atoms with Gasteiger partial charge in [-0.05, 0) is 55.8 Å². The first-order valence-electron chi connectivity index (χ1n) is 8.04. The first-order valence-corrected chi connectivity index (χ1v) is 9.60. The van der Waals surface area contributed by atoms with Crippen LogP contribution in [0, 0.1) is 6.92 Å². The first-order chi connectivity index (χ1) is 11.5. The summed E-state index contributed by atoms with van der Waals surface area (Å²) in [5, 5.41) is 2.94. The molecule has 0 saturated heterocycles. The van der Waals surface area contributed by atoms with Crippen LogP contribution in [0.5, 0.6) is 0 Å². The van der Waals surface area contributed by atoms with Crippen LogP contribution in [0.2, 0.25) is 0 Å². The summed E-state index contributed by atoms with van der Waals surface area (Å²) in [5.41, 5.74) is 2.98. The number of nitrogens with one attached hydrogen (secondary N) is 1. The molecule has 24 heavy (non-hydrogen) atoms. The number of carbonyl (C=O) groups is 1. The van der Waals surface area contributed by atoms with Gasteiger partial charge in [0.25, 0.3) is 5.91 Å². The summed E-state index contributed by atoms with van der Waals surface area (Å²) in [6.45, 7) is 6.39. The molecule has 0 spiro atoms. The van der Waals surface area contributed by atoms with E-state index in [1.54, 1.807) is 30.5 Å². The van der Waals surface area contributed by atoms with E-state index in [-0.39, 0.29) is 5.91 Å². The molecule has 2 rings (SSSR count). The second kappa shape index (κ2) is 8.64. The number of aryl methyl sites for hydroxylation is 1. The molecule has 2 aromatic rings. The normalized spacial score (nSPS) is 11.8. The van der Waals surface area contributed by atoms with E-state index in [1.165, 1.54) is 11.3 Å². The molecular formula is C19H24N2O2S. The van der Waals surface area contributed by atoms with Gasteiger partial charge in [-0.3, -0.25) is 9.00 Å². The third kappa shape index (κ3) is 4.93. The van der Waals surface area contributed by atoms with Gasteiger partial charge in [0.1, 0.15) is 0 Å². The van der Waals surface area contributed by atoms with Gasteiger partial charge < -0.3 is 10.2 Å². The van der Waals surface area contributed by atoms with E-state index >= 15 is 0 Å². The third-order valence-electron chi connectivity index (χ3n) is 3.86. The lowest BCUT2D eigenvalue weighted by molar-refractivity contribution is 0.0954. The van der Waals surface area contributed by atoms with E-state index < -0.39 is 10.8 Å². The molecule has 1 amide bonds. The van der Waals surface area contributed by atoms with E-state index in [1.807, 2.05) is 6.07 Å². The molecule has 128 valence electrons. The topological polar surface area (TPSA) is 49.4 Å². The van der Waals surface area contributed by atoms with Crippen molar-refractivity contribution in [2.75, 3.05) is 30.8 Å². The van der Waals surface area contributed by atoms with Crippen LogP contribution in [0.4, 0.5) is 5.69 Å². The molecular weight excluding hydrogens is 320 g/mol. The first kappa shape index (κ1) is 18.2. The maximum absolute atomic E-state index is 12.2. The van der Waals surface area contributed by atoms with Crippen molar-refractivity contribution >= 4 is 22.4 Å². The predicted octanol–water partition coefficient (Wildman–Crippen LogP) is 2.99. The van der Waals surface area contributed by atoms with Gasteiger partial charge in [-0.15, -0.1) is 0 Å². The molecule has 1 N–H and O–H groups in total. The smallest absolute Gasteiger partial charge is 0.251 e. The van der Waals surface area contributed by atoms with Crippen LogP contribution in [0.1, 0.15) is 22.8 Å². The summed E-state index contributed by atoms with van der Waals surface area (Å²) < 4.78 is 11.4. The molecule has 0 saturated carbocycles. The molecule has 0 aliphatic rings. The van der Waals surface area contributed by atoms with Crippen LogP contribution >= 0.6 is 0 Å². The van der Waals surface area contributed by atoms with Crippen molar-refractivity contribution in [2.45, 2.75) is 18.7 Å². The molecule has 0 heterocycles. The number of anilines is 1. The van der Waals surface area contributed by atoms with Crippen molar-refractivity contribution < 1.29 is 9.00 Å². The molecule has 0 aliphatic heterocycles. The highest BCUT2D eigenvalue weighted by molar-refractivity contribution is 7.84. The van der Waals surface area contributed by atoms with Crippen molar-refractivity contribution in [3.8, 4) is 0 Å². The summed E-state index contributed by atoms with van der Waals surface area (Å²) in [6, 6.07) is 15.2. The van der Waals surface area contributed by atoms with E-state index in [0.717, 1.165) is 18.0 Å². The van der Waals surface area contributed by atoms with Crippen LogP contribution < -0.4 is 10.2 Å². The Labute approximate surface area is 146 Å². The number of benzene rings is 2. The second-order valence-electron chi connectivity index (χ2n) is 5.65. The molecule has 4 nitrogen and oxygen atoms in total. The summed E-state index contributed by atoms with van der Waals surface area (Å²) in [4.78, 5) is 15.1. The molecule has 2 aromatic carbocycles. The van der Waals surface area contributed by atoms with Gasteiger partial charge in [-0.1, -0.05) is 12.1 Å². The maximum Gasteiger partial charge on any atom is 0.251 e. The number of rotatable bonds is 7. The zero-order chi connectivity index (χ0) is 17.5. The number of hydrogen-bond donors (Lipinski definition) is 1. The summed E-state index contributed by atoms with van der Waals surface area (Å²) in [7, 11) is -1.02. The molecule has 0 fully saturated rings. The van der Waals surface area contributed by atoms with E-state index in [9.17, 15) is 9.00 Å². The van der Waals surface area contributed by atoms with Gasteiger partial charge in [0.05, 0.1) is 0 Å². The number of carbonyl (C=O) groups excluding carboxylic acids is 1. The van der Waals surface area contributed by atoms with Crippen molar-refractivity contribution in [3.63, 3.8) is 0 Å². The van der Waals surface area contributed by atoms with E-state index in [2.05, 4.69) is 42.3 Å². The Kier molecular flexibility index (Phi) is 6.55. The summed E-state index contributed by atoms with van der Waals surface area (Å²) in [5.74, 6) is -0.108. The summed E-state index contributed by atoms with van der Waals surface area (Å²) in [6.07, 6.45) is 1.62. The molecule has 1 atom stereocenters. The average molecular weight is 344 g/mol. The lowest BCUT2D eigenvalue weighted by Crippen LogP contribution is -2.35. The molecule has 0 bridgehead atoms. The van der Waals surface area contributed by atoms with Crippen molar-refractivity contribution in [3.05, 3.63) is 59.7 Å². The van der Waals surface area contributed by atoms with Gasteiger partial charge in [0.15, 0.2) is 0 Å². The SMILES string of the molecule is CCN(CCNC(=O)c1ccc(S(C)=O)cc1)c1cccc(C)c1. The molecule has 0 aromatic heterocycles. The van der Waals surface area contributed by atoms with Crippen LogP contribution in [-0.4, -0.2) is 36.0 Å². The van der Waals surface area contributed by atoms with Crippen LogP contribution in [0.3, 0.4) is 0 Å². The quantitative estimate of drug-likeness (QED) is 0.840. The Bertz CT molecular complexity index is 714. The zero-order valence-corrected chi connectivity index (χ0v) is 15.2. The third-order valence-corrected chi connectivity index (χ3v) is 4.80. The number of hydrogen-bond acceptors (Lipinski definition) is 3. The maximum atomic E-state index is 12.2. The lowest BCUT2D eigenvalue weighted by atomic mass is 10.2. The highest BCUT2D eigenvalue weighted by atomic mass is 32.2. The Morgan fingerprint density at radius 2 is 1.88 bits per heavy atom. The van der Waals surface area contributed by atoms with Gasteiger partial charge in [-0.25, -0.2) is 0 Å². The summed E-state index contributed by atoms with van der Waals surface area (Å²) >= 11 is 0. The minimum Gasteiger partial charge on any atom is -0.370 e. The lowest BCUT2D eigenvalue weighted by Gasteiger charge is -2.23. The number of likely N-dealkylation sites (N-methyl/N-ethyl adjacent to an activating group) is 1. The largest absolute Gasteiger partial charge is 0.370 e. The fourth-order valence-corrected chi connectivity index (χ4v) is 3.02. The van der Waals surface area contributed by atoms with Gasteiger partial charge in [0.2, 0.25) is 0 Å². The fourth-order valence-electron chi connectivity index (χ4n) is 2.50. The predicted molar refractivity (Wildman–Crippen MR) is 100 cm³/mol. The molecule has 0 aliphatic carbocycles. The monoisotopic (exact) mass is 344 g/mol. The molecule has 5 heteroatoms. The minimum absolute atomic E-state index is 0.108. The Hall–Kier alpha value is -2.14. The van der Waals surface area contributed by atoms with Crippen LogP contribution in [0.15, 0.2) is 53.4 Å². The van der Waals surface area contributed by atoms with Crippen molar-refractivity contribution in [2.24, 2.45) is 0 Å². The van der Waals surface area contributed by atoms with Crippen LogP contribution in [-0.2, 0) is 10.8 Å².